The standard InChI is InChI=1S/C17H14N4O/c1-2-20-15-16(19-14-11-7-6-10-13(14)18-15)21(17(20)22)12-8-4-3-5-9-12/h3-11H,2H2,1H3. The van der Waals surface area contributed by atoms with Crippen LogP contribution in [0.25, 0.3) is 28.0 Å². The van der Waals surface area contributed by atoms with Gasteiger partial charge in [0.15, 0.2) is 11.3 Å². The van der Waals surface area contributed by atoms with Crippen LogP contribution < -0.4 is 5.69 Å². The number of imidazole rings is 1. The van der Waals surface area contributed by atoms with Crippen LogP contribution in [0.1, 0.15) is 6.92 Å². The summed E-state index contributed by atoms with van der Waals surface area (Å²) in [6.45, 7) is 2.50. The molecule has 0 N–H and O–H groups in total. The summed E-state index contributed by atoms with van der Waals surface area (Å²) >= 11 is 0. The lowest BCUT2D eigenvalue weighted by atomic mass is 10.3. The van der Waals surface area contributed by atoms with Gasteiger partial charge in [0.1, 0.15) is 0 Å². The van der Waals surface area contributed by atoms with Crippen LogP contribution in [0, 0.1) is 0 Å². The topological polar surface area (TPSA) is 52.7 Å². The number of hydrogen-bond donors (Lipinski definition) is 0. The minimum Gasteiger partial charge on any atom is -0.275 e. The molecular formula is C17H14N4O. The quantitative estimate of drug-likeness (QED) is 0.570. The Labute approximate surface area is 126 Å². The molecule has 0 aliphatic heterocycles. The maximum atomic E-state index is 12.7. The smallest absolute Gasteiger partial charge is 0.275 e. The van der Waals surface area contributed by atoms with E-state index < -0.39 is 0 Å². The number of para-hydroxylation sites is 3. The van der Waals surface area contributed by atoms with Gasteiger partial charge in [0.25, 0.3) is 0 Å². The van der Waals surface area contributed by atoms with Crippen molar-refractivity contribution in [3.05, 3.63) is 65.1 Å². The molecule has 2 aromatic carbocycles. The molecule has 0 spiro atoms. The van der Waals surface area contributed by atoms with Gasteiger partial charge in [0.05, 0.1) is 16.7 Å². The Hall–Kier alpha value is -2.95. The van der Waals surface area contributed by atoms with E-state index in [2.05, 4.69) is 9.97 Å². The van der Waals surface area contributed by atoms with Crippen molar-refractivity contribution in [3.63, 3.8) is 0 Å². The van der Waals surface area contributed by atoms with Gasteiger partial charge in [-0.3, -0.25) is 4.57 Å². The van der Waals surface area contributed by atoms with Crippen LogP contribution in [-0.4, -0.2) is 19.1 Å². The number of rotatable bonds is 2. The zero-order valence-corrected chi connectivity index (χ0v) is 12.1. The molecule has 0 radical (unpaired) electrons. The third-order valence-corrected chi connectivity index (χ3v) is 3.75. The van der Waals surface area contributed by atoms with Crippen molar-refractivity contribution < 1.29 is 0 Å². The first-order valence-corrected chi connectivity index (χ1v) is 7.23. The van der Waals surface area contributed by atoms with Crippen molar-refractivity contribution in [1.82, 2.24) is 19.1 Å². The summed E-state index contributed by atoms with van der Waals surface area (Å²) in [6, 6.07) is 17.2. The zero-order valence-electron chi connectivity index (χ0n) is 12.1. The van der Waals surface area contributed by atoms with E-state index in [1.807, 2.05) is 61.5 Å². The fourth-order valence-electron chi connectivity index (χ4n) is 2.71. The van der Waals surface area contributed by atoms with Gasteiger partial charge < -0.3 is 0 Å². The molecule has 2 aromatic heterocycles. The highest BCUT2D eigenvalue weighted by Crippen LogP contribution is 2.18. The van der Waals surface area contributed by atoms with Crippen LogP contribution in [0.15, 0.2) is 59.4 Å². The van der Waals surface area contributed by atoms with E-state index in [0.29, 0.717) is 17.8 Å². The molecule has 0 aliphatic rings. The summed E-state index contributed by atoms with van der Waals surface area (Å²) in [4.78, 5) is 22.0. The maximum absolute atomic E-state index is 12.7. The molecule has 2 heterocycles. The molecule has 0 bridgehead atoms. The van der Waals surface area contributed by atoms with E-state index in [0.717, 1.165) is 16.7 Å². The molecule has 5 heteroatoms. The van der Waals surface area contributed by atoms with E-state index in [-0.39, 0.29) is 5.69 Å². The van der Waals surface area contributed by atoms with Gasteiger partial charge in [-0.2, -0.15) is 0 Å². The molecule has 4 aromatic rings. The zero-order chi connectivity index (χ0) is 15.1. The van der Waals surface area contributed by atoms with E-state index in [4.69, 9.17) is 0 Å². The molecule has 5 nitrogen and oxygen atoms in total. The fourth-order valence-corrected chi connectivity index (χ4v) is 2.71. The number of aryl methyl sites for hydroxylation is 1. The average molecular weight is 290 g/mol. The van der Waals surface area contributed by atoms with E-state index >= 15 is 0 Å². The minimum absolute atomic E-state index is 0.112. The Bertz CT molecular complexity index is 1030. The van der Waals surface area contributed by atoms with Crippen molar-refractivity contribution in [1.29, 1.82) is 0 Å². The molecule has 0 saturated heterocycles. The summed E-state index contributed by atoms with van der Waals surface area (Å²) in [5, 5.41) is 0. The monoisotopic (exact) mass is 290 g/mol. The summed E-state index contributed by atoms with van der Waals surface area (Å²) in [5.41, 5.74) is 3.48. The van der Waals surface area contributed by atoms with E-state index in [1.165, 1.54) is 0 Å². The van der Waals surface area contributed by atoms with Crippen molar-refractivity contribution in [3.8, 4) is 5.69 Å². The first kappa shape index (κ1) is 12.8. The van der Waals surface area contributed by atoms with Gasteiger partial charge in [0.2, 0.25) is 0 Å². The summed E-state index contributed by atoms with van der Waals surface area (Å²) < 4.78 is 3.28. The first-order valence-electron chi connectivity index (χ1n) is 7.23. The largest absolute Gasteiger partial charge is 0.336 e. The number of fused-ring (bicyclic) bond motifs is 2. The summed E-state index contributed by atoms with van der Waals surface area (Å²) in [7, 11) is 0. The van der Waals surface area contributed by atoms with Gasteiger partial charge in [-0.15, -0.1) is 0 Å². The van der Waals surface area contributed by atoms with Crippen molar-refractivity contribution >= 4 is 22.3 Å². The molecule has 0 saturated carbocycles. The molecule has 108 valence electrons. The number of nitrogens with zero attached hydrogens (tertiary/aromatic N) is 4. The van der Waals surface area contributed by atoms with Crippen LogP contribution in [0.2, 0.25) is 0 Å². The Morgan fingerprint density at radius 2 is 1.45 bits per heavy atom. The van der Waals surface area contributed by atoms with Crippen molar-refractivity contribution in [2.24, 2.45) is 0 Å². The SMILES string of the molecule is CCn1c(=O)n(-c2ccccc2)c2nc3ccccc3nc21. The lowest BCUT2D eigenvalue weighted by Gasteiger charge is -2.02. The Kier molecular flexibility index (Phi) is 2.79. The van der Waals surface area contributed by atoms with Gasteiger partial charge >= 0.3 is 5.69 Å². The van der Waals surface area contributed by atoms with Gasteiger partial charge in [-0.1, -0.05) is 30.3 Å². The molecule has 0 fully saturated rings. The highest BCUT2D eigenvalue weighted by atomic mass is 16.1. The molecule has 0 aliphatic carbocycles. The molecular weight excluding hydrogens is 276 g/mol. The first-order chi connectivity index (χ1) is 10.8. The highest BCUT2D eigenvalue weighted by molar-refractivity contribution is 5.83. The van der Waals surface area contributed by atoms with Crippen LogP contribution >= 0.6 is 0 Å². The third-order valence-electron chi connectivity index (χ3n) is 3.75. The molecule has 22 heavy (non-hydrogen) atoms. The molecule has 0 amide bonds. The molecule has 0 unspecified atom stereocenters. The maximum Gasteiger partial charge on any atom is 0.336 e. The van der Waals surface area contributed by atoms with Gasteiger partial charge in [-0.25, -0.2) is 19.3 Å². The van der Waals surface area contributed by atoms with Gasteiger partial charge in [-0.05, 0) is 31.2 Å². The van der Waals surface area contributed by atoms with Gasteiger partial charge in [0, 0.05) is 6.54 Å². The highest BCUT2D eigenvalue weighted by Gasteiger charge is 2.16. The Morgan fingerprint density at radius 3 is 2.09 bits per heavy atom. The normalized spacial score (nSPS) is 11.3. The number of aromatic nitrogens is 4. The third kappa shape index (κ3) is 1.75. The van der Waals surface area contributed by atoms with Crippen molar-refractivity contribution in [2.45, 2.75) is 13.5 Å². The van der Waals surface area contributed by atoms with Crippen LogP contribution in [0.4, 0.5) is 0 Å². The lowest BCUT2D eigenvalue weighted by Crippen LogP contribution is -2.22. The summed E-state index contributed by atoms with van der Waals surface area (Å²) in [5.74, 6) is 0. The van der Waals surface area contributed by atoms with E-state index in [9.17, 15) is 4.79 Å². The van der Waals surface area contributed by atoms with E-state index in [1.54, 1.807) is 9.13 Å². The molecule has 4 rings (SSSR count). The second kappa shape index (κ2) is 4.80. The fraction of sp³-hybridized carbons (Fsp3) is 0.118. The Morgan fingerprint density at radius 1 is 0.864 bits per heavy atom. The predicted octanol–water partition coefficient (Wildman–Crippen LogP) is 2.76. The molecule has 0 atom stereocenters. The average Bonchev–Trinajstić information content (AvgIpc) is 2.84. The lowest BCUT2D eigenvalue weighted by molar-refractivity contribution is 0.728. The van der Waals surface area contributed by atoms with Crippen LogP contribution in [0.5, 0.6) is 0 Å². The number of hydrogen-bond acceptors (Lipinski definition) is 3. The minimum atomic E-state index is -0.112. The van der Waals surface area contributed by atoms with Crippen LogP contribution in [-0.2, 0) is 6.54 Å². The summed E-state index contributed by atoms with van der Waals surface area (Å²) in [6.07, 6.45) is 0. The van der Waals surface area contributed by atoms with Crippen LogP contribution in [0.3, 0.4) is 0 Å². The van der Waals surface area contributed by atoms with Crippen molar-refractivity contribution in [2.75, 3.05) is 0 Å². The second-order valence-electron chi connectivity index (χ2n) is 5.06. The second-order valence-corrected chi connectivity index (χ2v) is 5.06. The number of benzene rings is 2. The predicted molar refractivity (Wildman–Crippen MR) is 86.3 cm³/mol. The Balaban J connectivity index is 2.18.